The van der Waals surface area contributed by atoms with Crippen molar-refractivity contribution in [1.82, 2.24) is 10.7 Å². The molecular formula is C19H22N3OS+. The molecule has 0 amide bonds. The number of ether oxygens (including phenoxy) is 1. The van der Waals surface area contributed by atoms with Gasteiger partial charge in [0.1, 0.15) is 5.75 Å². The zero-order valence-corrected chi connectivity index (χ0v) is 14.3. The van der Waals surface area contributed by atoms with Crippen molar-refractivity contribution in [2.24, 2.45) is 0 Å². The molecule has 3 N–H and O–H groups in total. The molecule has 4 nitrogen and oxygen atoms in total. The minimum atomic E-state index is 0.520. The summed E-state index contributed by atoms with van der Waals surface area (Å²) in [6.07, 6.45) is 4.47. The molecule has 0 unspecified atom stereocenters. The van der Waals surface area contributed by atoms with Crippen molar-refractivity contribution in [3.8, 4) is 5.75 Å². The van der Waals surface area contributed by atoms with Crippen molar-refractivity contribution < 1.29 is 9.84 Å². The number of nitrogens with one attached hydrogen (secondary N) is 3. The van der Waals surface area contributed by atoms with Crippen LogP contribution in [0, 0.1) is 0 Å². The molecule has 2 rings (SSSR count). The molecule has 0 fully saturated rings. The summed E-state index contributed by atoms with van der Waals surface area (Å²) >= 11 is 5.07. The molecule has 124 valence electrons. The van der Waals surface area contributed by atoms with Crippen LogP contribution in [-0.4, -0.2) is 24.5 Å². The van der Waals surface area contributed by atoms with Gasteiger partial charge in [0, 0.05) is 18.5 Å². The lowest BCUT2D eigenvalue weighted by atomic mass is 10.2. The van der Waals surface area contributed by atoms with Crippen LogP contribution >= 0.6 is 12.2 Å². The van der Waals surface area contributed by atoms with Crippen molar-refractivity contribution in [3.05, 3.63) is 78.4 Å². The largest absolute Gasteiger partial charge is 0.493 e. The Balaban J connectivity index is 1.74. The summed E-state index contributed by atoms with van der Waals surface area (Å²) in [5.41, 5.74) is 5.16. The first-order valence-corrected chi connectivity index (χ1v) is 8.19. The molecule has 0 aromatic heterocycles. The van der Waals surface area contributed by atoms with Crippen LogP contribution < -0.4 is 20.6 Å². The summed E-state index contributed by atoms with van der Waals surface area (Å²) in [6, 6.07) is 18.2. The maximum absolute atomic E-state index is 5.76. The monoisotopic (exact) mass is 340 g/mol. The lowest BCUT2D eigenvalue weighted by Crippen LogP contribution is -2.82. The van der Waals surface area contributed by atoms with Crippen molar-refractivity contribution in [3.63, 3.8) is 0 Å². The smallest absolute Gasteiger partial charge is 0.224 e. The van der Waals surface area contributed by atoms with Gasteiger partial charge < -0.3 is 10.1 Å². The molecule has 0 atom stereocenters. The maximum atomic E-state index is 5.76. The maximum Gasteiger partial charge on any atom is 0.224 e. The number of benzene rings is 2. The van der Waals surface area contributed by atoms with Gasteiger partial charge in [0.05, 0.1) is 6.61 Å². The van der Waals surface area contributed by atoms with E-state index < -0.39 is 0 Å². The summed E-state index contributed by atoms with van der Waals surface area (Å²) in [5, 5.41) is 6.43. The molecule has 0 bridgehead atoms. The number of thiocarbonyl (C=S) groups is 1. The summed E-state index contributed by atoms with van der Waals surface area (Å²) < 4.78 is 5.76. The van der Waals surface area contributed by atoms with Crippen molar-refractivity contribution in [1.29, 1.82) is 0 Å². The van der Waals surface area contributed by atoms with Crippen LogP contribution in [0.4, 0.5) is 0 Å². The minimum absolute atomic E-state index is 0.520. The Labute approximate surface area is 148 Å². The molecule has 2 aromatic carbocycles. The predicted molar refractivity (Wildman–Crippen MR) is 102 cm³/mol. The zero-order valence-electron chi connectivity index (χ0n) is 13.5. The fourth-order valence-electron chi connectivity index (χ4n) is 1.99. The SMILES string of the molecule is C=CCNC(=S)N[NH+]=Cc1ccc(OCCc2ccccc2)cc1. The van der Waals surface area contributed by atoms with E-state index in [2.05, 4.69) is 34.6 Å². The van der Waals surface area contributed by atoms with E-state index in [1.54, 1.807) is 6.08 Å². The average Bonchev–Trinajstić information content (AvgIpc) is 2.62. The van der Waals surface area contributed by atoms with E-state index in [1.165, 1.54) is 5.56 Å². The van der Waals surface area contributed by atoms with Crippen LogP contribution in [0.1, 0.15) is 11.1 Å². The topological polar surface area (TPSA) is 47.3 Å². The highest BCUT2D eigenvalue weighted by molar-refractivity contribution is 7.80. The van der Waals surface area contributed by atoms with E-state index in [4.69, 9.17) is 17.0 Å². The van der Waals surface area contributed by atoms with Gasteiger partial charge >= 0.3 is 0 Å². The molecule has 0 aliphatic heterocycles. The van der Waals surface area contributed by atoms with Crippen LogP contribution in [-0.2, 0) is 6.42 Å². The van der Waals surface area contributed by atoms with Gasteiger partial charge in [0.25, 0.3) is 0 Å². The number of rotatable bonds is 8. The first-order valence-electron chi connectivity index (χ1n) is 7.78. The molecule has 0 aliphatic carbocycles. The molecular weight excluding hydrogens is 318 g/mol. The normalized spacial score (nSPS) is 10.3. The quantitative estimate of drug-likeness (QED) is 0.294. The van der Waals surface area contributed by atoms with E-state index in [-0.39, 0.29) is 0 Å². The van der Waals surface area contributed by atoms with Crippen LogP contribution in [0.3, 0.4) is 0 Å². The van der Waals surface area contributed by atoms with E-state index in [0.717, 1.165) is 17.7 Å². The van der Waals surface area contributed by atoms with Crippen molar-refractivity contribution in [2.45, 2.75) is 6.42 Å². The molecule has 0 aliphatic rings. The highest BCUT2D eigenvalue weighted by Crippen LogP contribution is 2.11. The molecule has 0 spiro atoms. The van der Waals surface area contributed by atoms with Crippen LogP contribution in [0.25, 0.3) is 0 Å². The Hall–Kier alpha value is -2.66. The van der Waals surface area contributed by atoms with Crippen molar-refractivity contribution >= 4 is 23.5 Å². The third-order valence-electron chi connectivity index (χ3n) is 3.21. The summed E-state index contributed by atoms with van der Waals surface area (Å²) in [6.45, 7) is 4.91. The Morgan fingerprint density at radius 2 is 1.88 bits per heavy atom. The molecule has 5 heteroatoms. The molecule has 0 heterocycles. The molecule has 0 saturated carbocycles. The second-order valence-corrected chi connectivity index (χ2v) is 5.47. The summed E-state index contributed by atoms with van der Waals surface area (Å²) in [5.74, 6) is 0.860. The van der Waals surface area contributed by atoms with Gasteiger partial charge in [-0.05, 0) is 42.0 Å². The number of hydrogen-bond acceptors (Lipinski definition) is 2. The van der Waals surface area contributed by atoms with E-state index >= 15 is 0 Å². The molecule has 0 saturated heterocycles. The summed E-state index contributed by atoms with van der Waals surface area (Å²) in [7, 11) is 0. The van der Waals surface area contributed by atoms with Crippen molar-refractivity contribution in [2.75, 3.05) is 13.2 Å². The highest BCUT2D eigenvalue weighted by Gasteiger charge is 1.98. The molecule has 24 heavy (non-hydrogen) atoms. The van der Waals surface area contributed by atoms with Crippen LogP contribution in [0.2, 0.25) is 0 Å². The van der Waals surface area contributed by atoms with Gasteiger partial charge in [0.2, 0.25) is 5.11 Å². The number of hydrogen-bond donors (Lipinski definition) is 3. The highest BCUT2D eigenvalue weighted by atomic mass is 32.1. The third kappa shape index (κ3) is 6.62. The first kappa shape index (κ1) is 17.7. The van der Waals surface area contributed by atoms with Gasteiger partial charge in [-0.3, -0.25) is 0 Å². The second kappa shape index (κ2) is 10.2. The Morgan fingerprint density at radius 1 is 1.12 bits per heavy atom. The zero-order chi connectivity index (χ0) is 17.0. The average molecular weight is 340 g/mol. The van der Waals surface area contributed by atoms with Gasteiger partial charge in [-0.2, -0.15) is 0 Å². The van der Waals surface area contributed by atoms with Gasteiger partial charge in [0.15, 0.2) is 6.21 Å². The standard InChI is InChI=1S/C19H21N3OS/c1-2-13-20-19(24)22-21-15-17-8-10-18(11-9-17)23-14-12-16-6-4-3-5-7-16/h2-11,15H,1,12-14H2,(H2,20,22,24)/p+1. The van der Waals surface area contributed by atoms with E-state index in [0.29, 0.717) is 18.3 Å². The summed E-state index contributed by atoms with van der Waals surface area (Å²) in [4.78, 5) is 0. The van der Waals surface area contributed by atoms with Gasteiger partial charge in [-0.25, -0.2) is 0 Å². The predicted octanol–water partition coefficient (Wildman–Crippen LogP) is 1.37. The third-order valence-corrected chi connectivity index (χ3v) is 3.46. The minimum Gasteiger partial charge on any atom is -0.493 e. The van der Waals surface area contributed by atoms with E-state index in [9.17, 15) is 0 Å². The van der Waals surface area contributed by atoms with Crippen LogP contribution in [0.5, 0.6) is 5.75 Å². The Kier molecular flexibility index (Phi) is 7.50. The van der Waals surface area contributed by atoms with E-state index in [1.807, 2.05) is 48.7 Å². The fourth-order valence-corrected chi connectivity index (χ4v) is 2.13. The lowest BCUT2D eigenvalue weighted by Gasteiger charge is -2.06. The van der Waals surface area contributed by atoms with Crippen LogP contribution in [0.15, 0.2) is 67.3 Å². The number of hydrazine groups is 1. The van der Waals surface area contributed by atoms with Gasteiger partial charge in [-0.15, -0.1) is 17.1 Å². The lowest BCUT2D eigenvalue weighted by molar-refractivity contribution is -0.500. The molecule has 2 aromatic rings. The second-order valence-electron chi connectivity index (χ2n) is 5.07. The Bertz CT molecular complexity index is 669. The van der Waals surface area contributed by atoms with Gasteiger partial charge in [-0.1, -0.05) is 36.4 Å². The number of hydrazone groups is 1. The first-order chi connectivity index (χ1) is 11.8. The fraction of sp³-hybridized carbons (Fsp3) is 0.158. The molecule has 0 radical (unpaired) electrons. The Morgan fingerprint density at radius 3 is 2.58 bits per heavy atom.